The molecule has 0 bridgehead atoms. The van der Waals surface area contributed by atoms with Crippen LogP contribution in [0.15, 0.2) is 0 Å². The van der Waals surface area contributed by atoms with E-state index in [1.54, 1.807) is 7.11 Å². The molecular weight excluding hydrogens is 126 g/mol. The fourth-order valence-electron chi connectivity index (χ4n) is 1.58. The van der Waals surface area contributed by atoms with Crippen LogP contribution in [-0.4, -0.2) is 27.3 Å². The topological polar surface area (TPSA) is 21.3 Å². The Balaban J connectivity index is 2.19. The highest BCUT2D eigenvalue weighted by Crippen LogP contribution is 2.51. The second-order valence-corrected chi connectivity index (χ2v) is 3.55. The summed E-state index contributed by atoms with van der Waals surface area (Å²) in [7, 11) is 3.78. The van der Waals surface area contributed by atoms with Gasteiger partial charge in [0.15, 0.2) is 0 Å². The van der Waals surface area contributed by atoms with Crippen molar-refractivity contribution in [3.8, 4) is 0 Å². The van der Waals surface area contributed by atoms with Crippen LogP contribution in [0.25, 0.3) is 0 Å². The first-order chi connectivity index (χ1) is 4.73. The highest BCUT2D eigenvalue weighted by molar-refractivity contribution is 4.99. The van der Waals surface area contributed by atoms with Crippen LogP contribution >= 0.6 is 0 Å². The summed E-state index contributed by atoms with van der Waals surface area (Å²) in [5.74, 6) is 0.845. The molecule has 0 radical (unpaired) electrons. The van der Waals surface area contributed by atoms with E-state index in [-0.39, 0.29) is 0 Å². The van der Waals surface area contributed by atoms with Crippen molar-refractivity contribution in [1.82, 2.24) is 5.32 Å². The smallest absolute Gasteiger partial charge is 0.0519 e. The number of ether oxygens (including phenoxy) is 1. The van der Waals surface area contributed by atoms with Crippen molar-refractivity contribution >= 4 is 0 Å². The summed E-state index contributed by atoms with van der Waals surface area (Å²) in [6, 6.07) is 0. The molecule has 0 saturated heterocycles. The molecular formula is C8H17NO. The number of rotatable bonds is 4. The van der Waals surface area contributed by atoms with E-state index in [0.717, 1.165) is 19.1 Å². The summed E-state index contributed by atoms with van der Waals surface area (Å²) in [4.78, 5) is 0. The van der Waals surface area contributed by atoms with E-state index in [9.17, 15) is 0 Å². The minimum Gasteiger partial charge on any atom is -0.384 e. The van der Waals surface area contributed by atoms with E-state index in [4.69, 9.17) is 4.74 Å². The Kier molecular flexibility index (Phi) is 2.32. The summed E-state index contributed by atoms with van der Waals surface area (Å²) in [6.45, 7) is 4.34. The van der Waals surface area contributed by atoms with Crippen molar-refractivity contribution < 1.29 is 4.74 Å². The van der Waals surface area contributed by atoms with Gasteiger partial charge in [-0.1, -0.05) is 6.92 Å². The van der Waals surface area contributed by atoms with Gasteiger partial charge in [0.25, 0.3) is 0 Å². The largest absolute Gasteiger partial charge is 0.384 e. The van der Waals surface area contributed by atoms with Gasteiger partial charge in [-0.15, -0.1) is 0 Å². The molecule has 1 rings (SSSR count). The predicted molar refractivity (Wildman–Crippen MR) is 42.0 cm³/mol. The predicted octanol–water partition coefficient (Wildman–Crippen LogP) is 0.878. The molecule has 1 aliphatic rings. The fraction of sp³-hybridized carbons (Fsp3) is 1.00. The summed E-state index contributed by atoms with van der Waals surface area (Å²) >= 11 is 0. The molecule has 60 valence electrons. The van der Waals surface area contributed by atoms with Crippen molar-refractivity contribution in [2.24, 2.45) is 11.3 Å². The molecule has 2 nitrogen and oxygen atoms in total. The molecule has 0 aromatic heterocycles. The molecule has 0 amide bonds. The van der Waals surface area contributed by atoms with E-state index in [0.29, 0.717) is 5.41 Å². The maximum Gasteiger partial charge on any atom is 0.0519 e. The van der Waals surface area contributed by atoms with Crippen molar-refractivity contribution in [1.29, 1.82) is 0 Å². The van der Waals surface area contributed by atoms with Crippen LogP contribution in [0, 0.1) is 11.3 Å². The van der Waals surface area contributed by atoms with Gasteiger partial charge in [-0.25, -0.2) is 0 Å². The third kappa shape index (κ3) is 1.50. The number of hydrogen-bond donors (Lipinski definition) is 1. The van der Waals surface area contributed by atoms with Crippen LogP contribution in [0.3, 0.4) is 0 Å². The summed E-state index contributed by atoms with van der Waals surface area (Å²) in [5.41, 5.74) is 0.484. The van der Waals surface area contributed by atoms with E-state index >= 15 is 0 Å². The zero-order valence-electron chi connectivity index (χ0n) is 7.11. The van der Waals surface area contributed by atoms with Gasteiger partial charge in [0, 0.05) is 7.11 Å². The minimum atomic E-state index is 0.484. The number of hydrogen-bond acceptors (Lipinski definition) is 2. The molecule has 0 spiro atoms. The van der Waals surface area contributed by atoms with Gasteiger partial charge in [0.2, 0.25) is 0 Å². The van der Waals surface area contributed by atoms with Gasteiger partial charge in [-0.2, -0.15) is 0 Å². The van der Waals surface area contributed by atoms with Crippen molar-refractivity contribution in [2.75, 3.05) is 27.3 Å². The lowest BCUT2D eigenvalue weighted by atomic mass is 10.1. The first-order valence-corrected chi connectivity index (χ1v) is 3.86. The third-order valence-corrected chi connectivity index (χ3v) is 2.46. The standard InChI is InChI=1S/C8H17NO/c1-8(6-10-3)4-7(8)5-9-2/h7,9H,4-6H2,1-3H3/t7-,8-/m0/s1. The van der Waals surface area contributed by atoms with Crippen LogP contribution < -0.4 is 5.32 Å². The first-order valence-electron chi connectivity index (χ1n) is 3.86. The Morgan fingerprint density at radius 2 is 2.40 bits per heavy atom. The van der Waals surface area contributed by atoms with Crippen LogP contribution in [0.4, 0.5) is 0 Å². The molecule has 0 heterocycles. The second-order valence-electron chi connectivity index (χ2n) is 3.55. The van der Waals surface area contributed by atoms with E-state index in [2.05, 4.69) is 12.2 Å². The zero-order chi connectivity index (χ0) is 7.61. The molecule has 1 fully saturated rings. The molecule has 0 aromatic carbocycles. The lowest BCUT2D eigenvalue weighted by Crippen LogP contribution is -2.16. The third-order valence-electron chi connectivity index (χ3n) is 2.46. The molecule has 10 heavy (non-hydrogen) atoms. The Hall–Kier alpha value is -0.0800. The van der Waals surface area contributed by atoms with Gasteiger partial charge in [-0.3, -0.25) is 0 Å². The van der Waals surface area contributed by atoms with Gasteiger partial charge in [0.1, 0.15) is 0 Å². The number of nitrogens with one attached hydrogen (secondary N) is 1. The van der Waals surface area contributed by atoms with Gasteiger partial charge in [-0.05, 0) is 31.3 Å². The van der Waals surface area contributed by atoms with Gasteiger partial charge in [0.05, 0.1) is 6.61 Å². The monoisotopic (exact) mass is 143 g/mol. The van der Waals surface area contributed by atoms with E-state index < -0.39 is 0 Å². The lowest BCUT2D eigenvalue weighted by Gasteiger charge is -2.08. The molecule has 0 aromatic rings. The maximum absolute atomic E-state index is 5.12. The molecule has 0 unspecified atom stereocenters. The quantitative estimate of drug-likeness (QED) is 0.630. The lowest BCUT2D eigenvalue weighted by molar-refractivity contribution is 0.141. The van der Waals surface area contributed by atoms with Gasteiger partial charge < -0.3 is 10.1 Å². The van der Waals surface area contributed by atoms with Crippen LogP contribution in [0.1, 0.15) is 13.3 Å². The molecule has 2 heteroatoms. The van der Waals surface area contributed by atoms with Crippen LogP contribution in [-0.2, 0) is 4.74 Å². The molecule has 2 atom stereocenters. The SMILES string of the molecule is CNC[C@@H]1C[C@@]1(C)COC. The summed E-state index contributed by atoms with van der Waals surface area (Å²) in [6.07, 6.45) is 1.32. The van der Waals surface area contributed by atoms with Crippen molar-refractivity contribution in [3.05, 3.63) is 0 Å². The molecule has 0 aliphatic heterocycles. The van der Waals surface area contributed by atoms with Crippen molar-refractivity contribution in [3.63, 3.8) is 0 Å². The van der Waals surface area contributed by atoms with Gasteiger partial charge >= 0.3 is 0 Å². The molecule has 1 N–H and O–H groups in total. The Morgan fingerprint density at radius 3 is 2.90 bits per heavy atom. The molecule has 1 aliphatic carbocycles. The highest BCUT2D eigenvalue weighted by atomic mass is 16.5. The average Bonchev–Trinajstić information content (AvgIpc) is 2.44. The Labute approximate surface area is 63.0 Å². The fourth-order valence-corrected chi connectivity index (χ4v) is 1.58. The number of methoxy groups -OCH3 is 1. The summed E-state index contributed by atoms with van der Waals surface area (Å²) < 4.78 is 5.12. The summed E-state index contributed by atoms with van der Waals surface area (Å²) in [5, 5.41) is 3.19. The highest BCUT2D eigenvalue weighted by Gasteiger charge is 2.49. The van der Waals surface area contributed by atoms with Crippen LogP contribution in [0.2, 0.25) is 0 Å². The Bertz CT molecular complexity index is 116. The Morgan fingerprint density at radius 1 is 1.70 bits per heavy atom. The van der Waals surface area contributed by atoms with Crippen molar-refractivity contribution in [2.45, 2.75) is 13.3 Å². The van der Waals surface area contributed by atoms with Crippen LogP contribution in [0.5, 0.6) is 0 Å². The first kappa shape index (κ1) is 8.02. The van der Waals surface area contributed by atoms with E-state index in [1.165, 1.54) is 6.42 Å². The minimum absolute atomic E-state index is 0.484. The zero-order valence-corrected chi connectivity index (χ0v) is 7.11. The maximum atomic E-state index is 5.12. The second kappa shape index (κ2) is 2.89. The average molecular weight is 143 g/mol. The molecule has 1 saturated carbocycles. The van der Waals surface area contributed by atoms with E-state index in [1.807, 2.05) is 7.05 Å². The normalized spacial score (nSPS) is 38.1.